The number of hydrogen-bond acceptors (Lipinski definition) is 2. The smallest absolute Gasteiger partial charge is 0.196 e. The molecular formula is C13H8ClFO2. The molecule has 2 rings (SSSR count). The molecule has 86 valence electrons. The van der Waals surface area contributed by atoms with E-state index in [0.29, 0.717) is 5.56 Å². The summed E-state index contributed by atoms with van der Waals surface area (Å²) in [4.78, 5) is 12.0. The number of rotatable bonds is 2. The number of ketones is 1. The zero-order valence-corrected chi connectivity index (χ0v) is 9.41. The van der Waals surface area contributed by atoms with Gasteiger partial charge in [0, 0.05) is 11.6 Å². The lowest BCUT2D eigenvalue weighted by molar-refractivity contribution is 0.103. The fraction of sp³-hybridized carbons (Fsp3) is 0. The van der Waals surface area contributed by atoms with Gasteiger partial charge in [0.05, 0.1) is 10.6 Å². The highest BCUT2D eigenvalue weighted by Crippen LogP contribution is 2.27. The molecule has 17 heavy (non-hydrogen) atoms. The molecule has 1 N–H and O–H groups in total. The zero-order chi connectivity index (χ0) is 12.4. The van der Waals surface area contributed by atoms with Crippen molar-refractivity contribution in [2.75, 3.05) is 0 Å². The van der Waals surface area contributed by atoms with Crippen LogP contribution in [0.1, 0.15) is 15.9 Å². The second-order valence-corrected chi connectivity index (χ2v) is 3.89. The van der Waals surface area contributed by atoms with Gasteiger partial charge in [-0.25, -0.2) is 4.39 Å². The first-order valence-electron chi connectivity index (χ1n) is 4.87. The average molecular weight is 251 g/mol. The molecule has 2 aromatic carbocycles. The van der Waals surface area contributed by atoms with Gasteiger partial charge in [0.25, 0.3) is 0 Å². The number of benzene rings is 2. The van der Waals surface area contributed by atoms with E-state index in [1.807, 2.05) is 0 Å². The van der Waals surface area contributed by atoms with E-state index in [-0.39, 0.29) is 16.3 Å². The summed E-state index contributed by atoms with van der Waals surface area (Å²) in [5.41, 5.74) is 0.280. The van der Waals surface area contributed by atoms with Gasteiger partial charge >= 0.3 is 0 Å². The molecule has 0 aromatic heterocycles. The van der Waals surface area contributed by atoms with Crippen molar-refractivity contribution in [1.82, 2.24) is 0 Å². The summed E-state index contributed by atoms with van der Waals surface area (Å²) in [5.74, 6) is -1.51. The highest BCUT2D eigenvalue weighted by atomic mass is 35.5. The molecule has 0 unspecified atom stereocenters. The number of carbonyl (C=O) groups excluding carboxylic acids is 1. The van der Waals surface area contributed by atoms with E-state index >= 15 is 0 Å². The van der Waals surface area contributed by atoms with Gasteiger partial charge in [0.2, 0.25) is 0 Å². The number of aromatic hydroxyl groups is 1. The van der Waals surface area contributed by atoms with E-state index in [1.54, 1.807) is 30.3 Å². The van der Waals surface area contributed by atoms with Gasteiger partial charge in [0.1, 0.15) is 11.6 Å². The summed E-state index contributed by atoms with van der Waals surface area (Å²) >= 11 is 5.49. The lowest BCUT2D eigenvalue weighted by atomic mass is 10.0. The Hall–Kier alpha value is -1.87. The van der Waals surface area contributed by atoms with Crippen molar-refractivity contribution >= 4 is 17.4 Å². The van der Waals surface area contributed by atoms with Gasteiger partial charge in [-0.1, -0.05) is 41.9 Å². The molecule has 0 aliphatic heterocycles. The van der Waals surface area contributed by atoms with E-state index in [2.05, 4.69) is 0 Å². The van der Waals surface area contributed by atoms with Crippen LogP contribution in [0, 0.1) is 5.82 Å². The quantitative estimate of drug-likeness (QED) is 0.830. The maximum Gasteiger partial charge on any atom is 0.196 e. The standard InChI is InChI=1S/C13H8ClFO2/c14-10-7-12(16)9(6-11(10)15)13(17)8-4-2-1-3-5-8/h1-7,16H. The third kappa shape index (κ3) is 2.29. The van der Waals surface area contributed by atoms with Crippen molar-refractivity contribution in [1.29, 1.82) is 0 Å². The molecule has 4 heteroatoms. The minimum Gasteiger partial charge on any atom is -0.507 e. The Labute approximate surface area is 102 Å². The molecule has 2 aromatic rings. The first kappa shape index (κ1) is 11.6. The van der Waals surface area contributed by atoms with E-state index in [1.165, 1.54) is 0 Å². The maximum absolute atomic E-state index is 13.2. The van der Waals surface area contributed by atoms with Crippen LogP contribution in [-0.4, -0.2) is 10.9 Å². The van der Waals surface area contributed by atoms with Crippen molar-refractivity contribution < 1.29 is 14.3 Å². The molecule has 0 saturated heterocycles. The van der Waals surface area contributed by atoms with Crippen molar-refractivity contribution in [3.8, 4) is 5.75 Å². The van der Waals surface area contributed by atoms with E-state index in [0.717, 1.165) is 12.1 Å². The lowest BCUT2D eigenvalue weighted by Gasteiger charge is -2.05. The predicted octanol–water partition coefficient (Wildman–Crippen LogP) is 3.42. The molecule has 0 saturated carbocycles. The Kier molecular flexibility index (Phi) is 3.11. The Balaban J connectivity index is 2.48. The van der Waals surface area contributed by atoms with Crippen molar-refractivity contribution in [3.63, 3.8) is 0 Å². The number of hydrogen-bond donors (Lipinski definition) is 1. The van der Waals surface area contributed by atoms with Crippen LogP contribution in [-0.2, 0) is 0 Å². The van der Waals surface area contributed by atoms with Gasteiger partial charge in [-0.05, 0) is 6.07 Å². The molecule has 0 fully saturated rings. The largest absolute Gasteiger partial charge is 0.507 e. The maximum atomic E-state index is 13.2. The lowest BCUT2D eigenvalue weighted by Crippen LogP contribution is -2.02. The summed E-state index contributed by atoms with van der Waals surface area (Å²) in [6.45, 7) is 0. The molecule has 0 spiro atoms. The normalized spacial score (nSPS) is 10.2. The third-order valence-electron chi connectivity index (χ3n) is 2.32. The van der Waals surface area contributed by atoms with Crippen LogP contribution in [0.2, 0.25) is 5.02 Å². The first-order chi connectivity index (χ1) is 8.09. The van der Waals surface area contributed by atoms with Gasteiger partial charge in [-0.2, -0.15) is 0 Å². The van der Waals surface area contributed by atoms with Crippen LogP contribution in [0.5, 0.6) is 5.75 Å². The monoisotopic (exact) mass is 250 g/mol. The van der Waals surface area contributed by atoms with Crippen LogP contribution in [0.4, 0.5) is 4.39 Å². The van der Waals surface area contributed by atoms with Crippen molar-refractivity contribution in [2.45, 2.75) is 0 Å². The number of halogens is 2. The van der Waals surface area contributed by atoms with E-state index in [4.69, 9.17) is 11.6 Å². The van der Waals surface area contributed by atoms with Crippen LogP contribution in [0.15, 0.2) is 42.5 Å². The van der Waals surface area contributed by atoms with Crippen molar-refractivity contribution in [3.05, 3.63) is 64.4 Å². The number of phenolic OH excluding ortho intramolecular Hbond substituents is 1. The Bertz CT molecular complexity index is 567. The van der Waals surface area contributed by atoms with Gasteiger partial charge in [-0.15, -0.1) is 0 Å². The predicted molar refractivity (Wildman–Crippen MR) is 62.9 cm³/mol. The van der Waals surface area contributed by atoms with Crippen LogP contribution in [0.3, 0.4) is 0 Å². The molecule has 0 amide bonds. The SMILES string of the molecule is O=C(c1ccccc1)c1cc(F)c(Cl)cc1O. The van der Waals surface area contributed by atoms with Crippen LogP contribution in [0.25, 0.3) is 0 Å². The summed E-state index contributed by atoms with van der Waals surface area (Å²) in [6, 6.07) is 10.3. The van der Waals surface area contributed by atoms with Crippen LogP contribution >= 0.6 is 11.6 Å². The molecular weight excluding hydrogens is 243 g/mol. The van der Waals surface area contributed by atoms with Gasteiger partial charge < -0.3 is 5.11 Å². The Morgan fingerprint density at radius 2 is 1.82 bits per heavy atom. The molecule has 0 radical (unpaired) electrons. The summed E-state index contributed by atoms with van der Waals surface area (Å²) in [5, 5.41) is 9.36. The molecule has 0 aliphatic carbocycles. The van der Waals surface area contributed by atoms with E-state index in [9.17, 15) is 14.3 Å². The highest BCUT2D eigenvalue weighted by molar-refractivity contribution is 6.31. The van der Waals surface area contributed by atoms with Gasteiger partial charge in [0.15, 0.2) is 5.78 Å². The second-order valence-electron chi connectivity index (χ2n) is 3.48. The molecule has 0 atom stereocenters. The fourth-order valence-electron chi connectivity index (χ4n) is 1.46. The summed E-state index contributed by atoms with van der Waals surface area (Å²) in [6.07, 6.45) is 0. The summed E-state index contributed by atoms with van der Waals surface area (Å²) < 4.78 is 13.2. The van der Waals surface area contributed by atoms with Crippen LogP contribution < -0.4 is 0 Å². The average Bonchev–Trinajstić information content (AvgIpc) is 2.34. The minimum atomic E-state index is -0.733. The third-order valence-corrected chi connectivity index (χ3v) is 2.61. The second kappa shape index (κ2) is 4.55. The highest BCUT2D eigenvalue weighted by Gasteiger charge is 2.16. The Morgan fingerprint density at radius 1 is 1.18 bits per heavy atom. The fourth-order valence-corrected chi connectivity index (χ4v) is 1.62. The molecule has 0 heterocycles. The minimum absolute atomic E-state index is 0.0990. The van der Waals surface area contributed by atoms with Crippen molar-refractivity contribution in [2.24, 2.45) is 0 Å². The molecule has 0 bridgehead atoms. The number of phenols is 1. The molecule has 2 nitrogen and oxygen atoms in total. The summed E-state index contributed by atoms with van der Waals surface area (Å²) in [7, 11) is 0. The van der Waals surface area contributed by atoms with E-state index < -0.39 is 11.6 Å². The zero-order valence-electron chi connectivity index (χ0n) is 8.65. The van der Waals surface area contributed by atoms with Gasteiger partial charge in [-0.3, -0.25) is 4.79 Å². The molecule has 0 aliphatic rings. The number of carbonyl (C=O) groups is 1. The Morgan fingerprint density at radius 3 is 2.47 bits per heavy atom. The topological polar surface area (TPSA) is 37.3 Å². The first-order valence-corrected chi connectivity index (χ1v) is 5.25.